The number of hydrogen-bond acceptors (Lipinski definition) is 2. The Hall–Kier alpha value is -3.34. The lowest BCUT2D eigenvalue weighted by molar-refractivity contribution is 0.0963. The van der Waals surface area contributed by atoms with Crippen LogP contribution in [0.3, 0.4) is 0 Å². The highest BCUT2D eigenvalue weighted by atomic mass is 16.1. The Labute approximate surface area is 165 Å². The number of aliphatic imine (C=N–C) groups is 1. The van der Waals surface area contributed by atoms with Crippen molar-refractivity contribution in [1.82, 2.24) is 16.0 Å². The summed E-state index contributed by atoms with van der Waals surface area (Å²) in [5.74, 6) is 0.693. The first-order valence-corrected chi connectivity index (χ1v) is 9.43. The van der Waals surface area contributed by atoms with E-state index in [0.29, 0.717) is 12.1 Å². The second-order valence-corrected chi connectivity index (χ2v) is 6.56. The Morgan fingerprint density at radius 3 is 2.50 bits per heavy atom. The fourth-order valence-corrected chi connectivity index (χ4v) is 3.09. The van der Waals surface area contributed by atoms with Crippen LogP contribution in [0.2, 0.25) is 0 Å². The summed E-state index contributed by atoms with van der Waals surface area (Å²) in [7, 11) is 3.41. The van der Waals surface area contributed by atoms with Gasteiger partial charge in [-0.2, -0.15) is 0 Å². The van der Waals surface area contributed by atoms with Gasteiger partial charge in [-0.15, -0.1) is 0 Å². The number of hydrogen-bond donors (Lipinski definition) is 3. The lowest BCUT2D eigenvalue weighted by Crippen LogP contribution is -2.37. The molecule has 28 heavy (non-hydrogen) atoms. The summed E-state index contributed by atoms with van der Waals surface area (Å²) < 4.78 is 0. The van der Waals surface area contributed by atoms with E-state index < -0.39 is 0 Å². The molecule has 144 valence electrons. The number of carbonyl (C=O) groups is 1. The number of amides is 1. The SMILES string of the molecule is CN=C(NCCc1cccc(C(=O)NC)c1)NCc1ccc2ccccc2c1. The van der Waals surface area contributed by atoms with Crippen molar-refractivity contribution in [1.29, 1.82) is 0 Å². The van der Waals surface area contributed by atoms with Crippen LogP contribution < -0.4 is 16.0 Å². The van der Waals surface area contributed by atoms with Gasteiger partial charge in [-0.3, -0.25) is 9.79 Å². The van der Waals surface area contributed by atoms with Crippen molar-refractivity contribution in [3.8, 4) is 0 Å². The van der Waals surface area contributed by atoms with E-state index in [1.807, 2.05) is 24.3 Å². The quantitative estimate of drug-likeness (QED) is 0.459. The van der Waals surface area contributed by atoms with Crippen LogP contribution in [0.5, 0.6) is 0 Å². The van der Waals surface area contributed by atoms with E-state index in [4.69, 9.17) is 0 Å². The van der Waals surface area contributed by atoms with Gasteiger partial charge in [-0.1, -0.05) is 48.5 Å². The molecule has 3 N–H and O–H groups in total. The summed E-state index contributed by atoms with van der Waals surface area (Å²) in [6, 6.07) is 22.5. The number of fused-ring (bicyclic) bond motifs is 1. The molecule has 5 nitrogen and oxygen atoms in total. The monoisotopic (exact) mass is 374 g/mol. The standard InChI is InChI=1S/C23H26N4O/c1-24-22(28)21-9-5-6-17(14-21)12-13-26-23(25-2)27-16-18-10-11-19-7-3-4-8-20(19)15-18/h3-11,14-15H,12-13,16H2,1-2H3,(H,24,28)(H2,25,26,27). The molecule has 0 aromatic heterocycles. The van der Waals surface area contributed by atoms with E-state index in [2.05, 4.69) is 63.4 Å². The van der Waals surface area contributed by atoms with Crippen molar-refractivity contribution >= 4 is 22.6 Å². The highest BCUT2D eigenvalue weighted by molar-refractivity contribution is 5.94. The van der Waals surface area contributed by atoms with Gasteiger partial charge in [0.15, 0.2) is 5.96 Å². The fourth-order valence-electron chi connectivity index (χ4n) is 3.09. The van der Waals surface area contributed by atoms with Gasteiger partial charge in [0.05, 0.1) is 0 Å². The number of carbonyl (C=O) groups excluding carboxylic acids is 1. The lowest BCUT2D eigenvalue weighted by Gasteiger charge is -2.13. The summed E-state index contributed by atoms with van der Waals surface area (Å²) in [6.45, 7) is 1.44. The summed E-state index contributed by atoms with van der Waals surface area (Å²) in [5.41, 5.74) is 3.00. The maximum Gasteiger partial charge on any atom is 0.251 e. The third-order valence-electron chi connectivity index (χ3n) is 4.62. The Morgan fingerprint density at radius 1 is 0.893 bits per heavy atom. The molecule has 0 atom stereocenters. The highest BCUT2D eigenvalue weighted by Gasteiger charge is 2.04. The molecule has 0 radical (unpaired) electrons. The minimum absolute atomic E-state index is 0.0670. The minimum Gasteiger partial charge on any atom is -0.356 e. The third kappa shape index (κ3) is 5.10. The first-order valence-electron chi connectivity index (χ1n) is 9.43. The van der Waals surface area contributed by atoms with Crippen LogP contribution >= 0.6 is 0 Å². The molecule has 0 fully saturated rings. The summed E-state index contributed by atoms with van der Waals surface area (Å²) in [4.78, 5) is 16.0. The van der Waals surface area contributed by atoms with Gasteiger partial charge in [0, 0.05) is 32.7 Å². The molecule has 3 rings (SSSR count). The number of nitrogens with one attached hydrogen (secondary N) is 3. The normalized spacial score (nSPS) is 11.3. The molecule has 0 saturated carbocycles. The van der Waals surface area contributed by atoms with Crippen LogP contribution in [-0.2, 0) is 13.0 Å². The van der Waals surface area contributed by atoms with E-state index in [9.17, 15) is 4.79 Å². The van der Waals surface area contributed by atoms with Crippen LogP contribution in [0.4, 0.5) is 0 Å². The zero-order valence-electron chi connectivity index (χ0n) is 16.3. The van der Waals surface area contributed by atoms with Gasteiger partial charge >= 0.3 is 0 Å². The van der Waals surface area contributed by atoms with Crippen molar-refractivity contribution in [3.63, 3.8) is 0 Å². The van der Waals surface area contributed by atoms with E-state index in [1.165, 1.54) is 16.3 Å². The molecule has 0 aliphatic carbocycles. The molecule has 3 aromatic rings. The zero-order chi connectivity index (χ0) is 19.8. The van der Waals surface area contributed by atoms with Crippen LogP contribution in [0.1, 0.15) is 21.5 Å². The van der Waals surface area contributed by atoms with Gasteiger partial charge < -0.3 is 16.0 Å². The van der Waals surface area contributed by atoms with Crippen molar-refractivity contribution < 1.29 is 4.79 Å². The van der Waals surface area contributed by atoms with Gasteiger partial charge in [-0.05, 0) is 46.5 Å². The van der Waals surface area contributed by atoms with Gasteiger partial charge in [-0.25, -0.2) is 0 Å². The largest absolute Gasteiger partial charge is 0.356 e. The van der Waals surface area contributed by atoms with Crippen LogP contribution in [0.25, 0.3) is 10.8 Å². The molecule has 0 heterocycles. The maximum absolute atomic E-state index is 11.7. The van der Waals surface area contributed by atoms with Gasteiger partial charge in [0.25, 0.3) is 5.91 Å². The summed E-state index contributed by atoms with van der Waals surface area (Å²) >= 11 is 0. The Morgan fingerprint density at radius 2 is 1.71 bits per heavy atom. The van der Waals surface area contributed by atoms with E-state index >= 15 is 0 Å². The number of rotatable bonds is 6. The van der Waals surface area contributed by atoms with Crippen LogP contribution in [0, 0.1) is 0 Å². The third-order valence-corrected chi connectivity index (χ3v) is 4.62. The average molecular weight is 374 g/mol. The number of benzene rings is 3. The molecular weight excluding hydrogens is 348 g/mol. The van der Waals surface area contributed by atoms with E-state index in [0.717, 1.165) is 24.5 Å². The van der Waals surface area contributed by atoms with Gasteiger partial charge in [0.2, 0.25) is 0 Å². The van der Waals surface area contributed by atoms with Crippen LogP contribution in [0.15, 0.2) is 71.7 Å². The summed E-state index contributed by atoms with van der Waals surface area (Å²) in [5, 5.41) is 11.8. The Bertz CT molecular complexity index is 981. The van der Waals surface area contributed by atoms with Gasteiger partial charge in [0.1, 0.15) is 0 Å². The lowest BCUT2D eigenvalue weighted by atomic mass is 10.1. The number of guanidine groups is 1. The molecule has 0 bridgehead atoms. The molecular formula is C23H26N4O. The van der Waals surface area contributed by atoms with E-state index in [-0.39, 0.29) is 5.91 Å². The fraction of sp³-hybridized carbons (Fsp3) is 0.217. The first-order chi connectivity index (χ1) is 13.7. The van der Waals surface area contributed by atoms with Crippen molar-refractivity contribution in [2.75, 3.05) is 20.6 Å². The maximum atomic E-state index is 11.7. The van der Waals surface area contributed by atoms with Crippen LogP contribution in [-0.4, -0.2) is 32.5 Å². The molecule has 0 spiro atoms. The molecule has 1 amide bonds. The molecule has 0 aliphatic heterocycles. The molecule has 0 aliphatic rings. The molecule has 5 heteroatoms. The first kappa shape index (κ1) is 19.4. The summed E-state index contributed by atoms with van der Waals surface area (Å²) in [6.07, 6.45) is 0.807. The minimum atomic E-state index is -0.0670. The molecule has 0 unspecified atom stereocenters. The molecule has 0 saturated heterocycles. The predicted octanol–water partition coefficient (Wildman–Crippen LogP) is 3.11. The van der Waals surface area contributed by atoms with Crippen molar-refractivity contribution in [2.45, 2.75) is 13.0 Å². The topological polar surface area (TPSA) is 65.5 Å². The second kappa shape index (κ2) is 9.55. The Kier molecular flexibility index (Phi) is 6.63. The molecule has 3 aromatic carbocycles. The smallest absolute Gasteiger partial charge is 0.251 e. The highest BCUT2D eigenvalue weighted by Crippen LogP contribution is 2.15. The second-order valence-electron chi connectivity index (χ2n) is 6.56. The predicted molar refractivity (Wildman–Crippen MR) is 116 cm³/mol. The zero-order valence-corrected chi connectivity index (χ0v) is 16.3. The number of nitrogens with zero attached hydrogens (tertiary/aromatic N) is 1. The van der Waals surface area contributed by atoms with Crippen molar-refractivity contribution in [2.24, 2.45) is 4.99 Å². The Balaban J connectivity index is 1.51. The van der Waals surface area contributed by atoms with E-state index in [1.54, 1.807) is 14.1 Å². The van der Waals surface area contributed by atoms with Crippen molar-refractivity contribution in [3.05, 3.63) is 83.4 Å². The average Bonchev–Trinajstić information content (AvgIpc) is 2.75.